The lowest BCUT2D eigenvalue weighted by molar-refractivity contribution is 0.336. The van der Waals surface area contributed by atoms with E-state index < -0.39 is 17.3 Å². The van der Waals surface area contributed by atoms with Gasteiger partial charge in [0.15, 0.2) is 5.95 Å². The molecule has 0 unspecified atom stereocenters. The minimum absolute atomic E-state index is 0.394. The molecule has 1 aromatic heterocycles. The third-order valence-corrected chi connectivity index (χ3v) is 1.46. The summed E-state index contributed by atoms with van der Waals surface area (Å²) >= 11 is 0. The molecule has 1 heterocycles. The Morgan fingerprint density at radius 2 is 1.82 bits per heavy atom. The number of aromatic nitrogens is 1. The van der Waals surface area contributed by atoms with Crippen LogP contribution in [0.4, 0.5) is 8.78 Å². The fourth-order valence-corrected chi connectivity index (χ4v) is 0.920. The second kappa shape index (κ2) is 2.32. The highest BCUT2D eigenvalue weighted by atomic mass is 19.1. The van der Waals surface area contributed by atoms with Gasteiger partial charge in [-0.05, 0) is 20.8 Å². The zero-order chi connectivity index (χ0) is 8.65. The quantitative estimate of drug-likeness (QED) is 0.548. The Balaban J connectivity index is 3.13. The van der Waals surface area contributed by atoms with Crippen molar-refractivity contribution in [3.8, 4) is 0 Å². The molecule has 0 aromatic carbocycles. The fourth-order valence-electron chi connectivity index (χ4n) is 0.920. The topological polar surface area (TPSA) is 4.93 Å². The van der Waals surface area contributed by atoms with Gasteiger partial charge in [0.2, 0.25) is 0 Å². The molecule has 0 aliphatic heterocycles. The molecule has 0 aliphatic carbocycles. The molecule has 0 aliphatic rings. The first-order chi connectivity index (χ1) is 4.91. The lowest BCUT2D eigenvalue weighted by atomic mass is 10.1. The van der Waals surface area contributed by atoms with E-state index in [-0.39, 0.29) is 0 Å². The molecule has 0 saturated carbocycles. The molecule has 11 heavy (non-hydrogen) atoms. The maximum Gasteiger partial charge on any atom is 0.197 e. The molecule has 0 saturated heterocycles. The number of rotatable bonds is 0. The summed E-state index contributed by atoms with van der Waals surface area (Å²) in [5.41, 5.74) is -0.394. The largest absolute Gasteiger partial charge is 0.317 e. The highest BCUT2D eigenvalue weighted by molar-refractivity contribution is 5.00. The zero-order valence-electron chi connectivity index (χ0n) is 6.86. The van der Waals surface area contributed by atoms with Crippen LogP contribution in [0.3, 0.4) is 0 Å². The standard InChI is InChI=1S/C8H11F2N/c1-8(2,3)11-5-6(9)4-7(11)10/h4-5H,1-3H3. The van der Waals surface area contributed by atoms with Gasteiger partial charge in [0.1, 0.15) is 5.82 Å². The maximum absolute atomic E-state index is 12.8. The summed E-state index contributed by atoms with van der Waals surface area (Å²) < 4.78 is 26.6. The Bertz CT molecular complexity index is 258. The van der Waals surface area contributed by atoms with Gasteiger partial charge in [0.25, 0.3) is 0 Å². The molecule has 0 radical (unpaired) electrons. The number of halogens is 2. The van der Waals surface area contributed by atoms with Gasteiger partial charge in [0.05, 0.1) is 0 Å². The van der Waals surface area contributed by atoms with Gasteiger partial charge in [-0.2, -0.15) is 4.39 Å². The molecule has 62 valence electrons. The summed E-state index contributed by atoms with van der Waals surface area (Å²) in [4.78, 5) is 0. The highest BCUT2D eigenvalue weighted by Gasteiger charge is 2.17. The van der Waals surface area contributed by atoms with E-state index in [0.717, 1.165) is 12.3 Å². The summed E-state index contributed by atoms with van der Waals surface area (Å²) in [7, 11) is 0. The molecule has 1 aromatic rings. The minimum atomic E-state index is -0.532. The van der Waals surface area contributed by atoms with Crippen LogP contribution in [-0.2, 0) is 5.54 Å². The van der Waals surface area contributed by atoms with Crippen LogP contribution in [0.5, 0.6) is 0 Å². The van der Waals surface area contributed by atoms with Gasteiger partial charge in [-0.15, -0.1) is 0 Å². The molecule has 0 amide bonds. The van der Waals surface area contributed by atoms with E-state index >= 15 is 0 Å². The highest BCUT2D eigenvalue weighted by Crippen LogP contribution is 2.17. The van der Waals surface area contributed by atoms with Crippen LogP contribution in [0.15, 0.2) is 12.3 Å². The van der Waals surface area contributed by atoms with Gasteiger partial charge in [-0.1, -0.05) is 0 Å². The van der Waals surface area contributed by atoms with Gasteiger partial charge >= 0.3 is 0 Å². The molecule has 0 bridgehead atoms. The van der Waals surface area contributed by atoms with Gasteiger partial charge < -0.3 is 4.57 Å². The second-order valence-corrected chi connectivity index (χ2v) is 3.52. The van der Waals surface area contributed by atoms with Crippen molar-refractivity contribution in [3.05, 3.63) is 24.0 Å². The van der Waals surface area contributed by atoms with Crippen LogP contribution in [0.2, 0.25) is 0 Å². The normalized spacial score (nSPS) is 12.1. The summed E-state index contributed by atoms with van der Waals surface area (Å²) in [5, 5.41) is 0. The first kappa shape index (κ1) is 8.24. The number of hydrogen-bond donors (Lipinski definition) is 0. The first-order valence-electron chi connectivity index (χ1n) is 3.45. The van der Waals surface area contributed by atoms with E-state index in [9.17, 15) is 8.78 Å². The van der Waals surface area contributed by atoms with E-state index in [1.807, 2.05) is 20.8 Å². The molecule has 1 rings (SSSR count). The third kappa shape index (κ3) is 1.59. The Kier molecular flexibility index (Phi) is 1.74. The predicted molar refractivity (Wildman–Crippen MR) is 39.3 cm³/mol. The Hall–Kier alpha value is -0.860. The van der Waals surface area contributed by atoms with E-state index in [1.54, 1.807) is 0 Å². The molecule has 0 N–H and O–H groups in total. The molecule has 1 nitrogen and oxygen atoms in total. The number of hydrogen-bond acceptors (Lipinski definition) is 0. The van der Waals surface area contributed by atoms with Crippen molar-refractivity contribution in [2.24, 2.45) is 0 Å². The van der Waals surface area contributed by atoms with E-state index in [2.05, 4.69) is 0 Å². The molecule has 3 heteroatoms. The van der Waals surface area contributed by atoms with Gasteiger partial charge in [-0.25, -0.2) is 4.39 Å². The van der Waals surface area contributed by atoms with Crippen molar-refractivity contribution >= 4 is 0 Å². The second-order valence-electron chi connectivity index (χ2n) is 3.52. The van der Waals surface area contributed by atoms with Crippen molar-refractivity contribution in [2.45, 2.75) is 26.3 Å². The van der Waals surface area contributed by atoms with Crippen LogP contribution in [0.1, 0.15) is 20.8 Å². The molecule has 0 atom stereocenters. The summed E-state index contributed by atoms with van der Waals surface area (Å²) in [6.07, 6.45) is 1.16. The predicted octanol–water partition coefficient (Wildman–Crippen LogP) is 2.52. The average Bonchev–Trinajstić information content (AvgIpc) is 2.08. The van der Waals surface area contributed by atoms with Crippen molar-refractivity contribution in [3.63, 3.8) is 0 Å². The van der Waals surface area contributed by atoms with Crippen LogP contribution in [-0.4, -0.2) is 4.57 Å². The van der Waals surface area contributed by atoms with Crippen LogP contribution in [0.25, 0.3) is 0 Å². The Morgan fingerprint density at radius 3 is 2.00 bits per heavy atom. The summed E-state index contributed by atoms with van der Waals surface area (Å²) in [5.74, 6) is -1.06. The molecule has 0 spiro atoms. The van der Waals surface area contributed by atoms with Gasteiger partial charge in [-0.3, -0.25) is 0 Å². The Morgan fingerprint density at radius 1 is 1.27 bits per heavy atom. The minimum Gasteiger partial charge on any atom is -0.317 e. The van der Waals surface area contributed by atoms with Crippen molar-refractivity contribution in [1.29, 1.82) is 0 Å². The van der Waals surface area contributed by atoms with E-state index in [0.29, 0.717) is 0 Å². The van der Waals surface area contributed by atoms with Crippen molar-refractivity contribution in [2.75, 3.05) is 0 Å². The molecular weight excluding hydrogens is 148 g/mol. The molecular formula is C8H11F2N. The van der Waals surface area contributed by atoms with E-state index in [4.69, 9.17) is 0 Å². The average molecular weight is 159 g/mol. The monoisotopic (exact) mass is 159 g/mol. The maximum atomic E-state index is 12.8. The lowest BCUT2D eigenvalue weighted by Crippen LogP contribution is -2.22. The van der Waals surface area contributed by atoms with Crippen molar-refractivity contribution < 1.29 is 8.78 Å². The SMILES string of the molecule is CC(C)(C)n1cc(F)cc1F. The third-order valence-electron chi connectivity index (χ3n) is 1.46. The van der Waals surface area contributed by atoms with E-state index in [1.165, 1.54) is 4.57 Å². The van der Waals surface area contributed by atoms with Gasteiger partial charge in [0, 0.05) is 17.8 Å². The zero-order valence-corrected chi connectivity index (χ0v) is 6.86. The summed E-state index contributed by atoms with van der Waals surface area (Å²) in [6.45, 7) is 5.44. The van der Waals surface area contributed by atoms with Crippen LogP contribution in [0, 0.1) is 11.8 Å². The molecule has 0 fully saturated rings. The van der Waals surface area contributed by atoms with Crippen LogP contribution < -0.4 is 0 Å². The smallest absolute Gasteiger partial charge is 0.197 e. The van der Waals surface area contributed by atoms with Crippen molar-refractivity contribution in [1.82, 2.24) is 4.57 Å². The first-order valence-corrected chi connectivity index (χ1v) is 3.45. The summed E-state index contributed by atoms with van der Waals surface area (Å²) in [6, 6.07) is 0.880. The van der Waals surface area contributed by atoms with Crippen LogP contribution >= 0.6 is 0 Å². The Labute approximate surface area is 64.6 Å². The number of nitrogens with zero attached hydrogens (tertiary/aromatic N) is 1. The fraction of sp³-hybridized carbons (Fsp3) is 0.500. The lowest BCUT2D eigenvalue weighted by Gasteiger charge is -2.21.